The highest BCUT2D eigenvalue weighted by atomic mass is 16.5. The molecule has 0 bridgehead atoms. The van der Waals surface area contributed by atoms with Gasteiger partial charge < -0.3 is 25.3 Å². The zero-order valence-corrected chi connectivity index (χ0v) is 17.2. The zero-order chi connectivity index (χ0) is 20.9. The predicted octanol–water partition coefficient (Wildman–Crippen LogP) is 1.64. The minimum atomic E-state index is -0.168. The fourth-order valence-corrected chi connectivity index (χ4v) is 3.41. The molecule has 1 aliphatic rings. The first-order valence-corrected chi connectivity index (χ1v) is 10.4. The third kappa shape index (κ3) is 8.08. The Bertz CT molecular complexity index is 615. The van der Waals surface area contributed by atoms with Gasteiger partial charge in [-0.3, -0.25) is 14.6 Å². The number of nitrogens with one attached hydrogen (secondary N) is 1. The lowest BCUT2D eigenvalue weighted by molar-refractivity contribution is -0.149. The smallest absolute Gasteiger partial charge is 0.308 e. The molecule has 8 heteroatoms. The molecule has 0 spiro atoms. The Labute approximate surface area is 172 Å². The fraction of sp³-hybridized carbons (Fsp3) is 0.667. The van der Waals surface area contributed by atoms with Crippen LogP contribution < -0.4 is 11.1 Å². The van der Waals surface area contributed by atoms with Crippen LogP contribution in [0.1, 0.15) is 54.6 Å². The Morgan fingerprint density at radius 3 is 2.45 bits per heavy atom. The number of aromatic nitrogens is 1. The number of hydrogen-bond acceptors (Lipinski definition) is 7. The molecule has 1 heterocycles. The van der Waals surface area contributed by atoms with Crippen molar-refractivity contribution in [1.82, 2.24) is 10.3 Å². The van der Waals surface area contributed by atoms with Crippen molar-refractivity contribution in [2.24, 2.45) is 11.7 Å². The predicted molar refractivity (Wildman–Crippen MR) is 109 cm³/mol. The van der Waals surface area contributed by atoms with Gasteiger partial charge in [0.05, 0.1) is 44.5 Å². The Morgan fingerprint density at radius 2 is 1.83 bits per heavy atom. The fourth-order valence-electron chi connectivity index (χ4n) is 3.41. The summed E-state index contributed by atoms with van der Waals surface area (Å²) < 4.78 is 15.7. The molecule has 8 nitrogen and oxygen atoms in total. The SMILES string of the molecule is CCOC(=O)[C@H]1CC[C@H](c2ccc(C(=O)NCCOCCOCCN)cn2)CC1. The number of hydrogen-bond donors (Lipinski definition) is 2. The van der Waals surface area contributed by atoms with E-state index in [4.69, 9.17) is 19.9 Å². The molecule has 0 radical (unpaired) electrons. The maximum Gasteiger partial charge on any atom is 0.308 e. The number of esters is 1. The number of amides is 1. The highest BCUT2D eigenvalue weighted by molar-refractivity contribution is 5.93. The number of nitrogens with two attached hydrogens (primary N) is 1. The second kappa shape index (κ2) is 13.2. The zero-order valence-electron chi connectivity index (χ0n) is 17.2. The highest BCUT2D eigenvalue weighted by Gasteiger charge is 2.28. The number of pyridine rings is 1. The van der Waals surface area contributed by atoms with Gasteiger partial charge in [-0.2, -0.15) is 0 Å². The largest absolute Gasteiger partial charge is 0.466 e. The number of rotatable bonds is 12. The van der Waals surface area contributed by atoms with E-state index in [0.29, 0.717) is 57.6 Å². The summed E-state index contributed by atoms with van der Waals surface area (Å²) in [6.07, 6.45) is 5.09. The van der Waals surface area contributed by atoms with Crippen LogP contribution in [-0.4, -0.2) is 63.0 Å². The minimum Gasteiger partial charge on any atom is -0.466 e. The molecule has 1 saturated carbocycles. The molecule has 1 amide bonds. The van der Waals surface area contributed by atoms with Crippen molar-refractivity contribution in [3.05, 3.63) is 29.6 Å². The third-order valence-corrected chi connectivity index (χ3v) is 4.98. The molecular weight excluding hydrogens is 374 g/mol. The van der Waals surface area contributed by atoms with E-state index >= 15 is 0 Å². The molecule has 162 valence electrons. The van der Waals surface area contributed by atoms with Crippen LogP contribution in [0.25, 0.3) is 0 Å². The van der Waals surface area contributed by atoms with Crippen molar-refractivity contribution < 1.29 is 23.8 Å². The van der Waals surface area contributed by atoms with Gasteiger partial charge in [0.15, 0.2) is 0 Å². The molecule has 1 aromatic heterocycles. The van der Waals surface area contributed by atoms with Crippen LogP contribution in [0.3, 0.4) is 0 Å². The number of ether oxygens (including phenoxy) is 3. The van der Waals surface area contributed by atoms with Crippen LogP contribution in [0, 0.1) is 5.92 Å². The van der Waals surface area contributed by atoms with Crippen molar-refractivity contribution in [3.63, 3.8) is 0 Å². The van der Waals surface area contributed by atoms with Crippen molar-refractivity contribution in [2.45, 2.75) is 38.5 Å². The monoisotopic (exact) mass is 407 g/mol. The Kier molecular flexibility index (Phi) is 10.6. The van der Waals surface area contributed by atoms with E-state index in [0.717, 1.165) is 31.4 Å². The first kappa shape index (κ1) is 23.3. The lowest BCUT2D eigenvalue weighted by atomic mass is 9.80. The van der Waals surface area contributed by atoms with Crippen molar-refractivity contribution in [1.29, 1.82) is 0 Å². The molecule has 0 unspecified atom stereocenters. The molecule has 2 rings (SSSR count). The summed E-state index contributed by atoms with van der Waals surface area (Å²) in [5.41, 5.74) is 6.83. The van der Waals surface area contributed by atoms with Gasteiger partial charge in [-0.1, -0.05) is 0 Å². The molecule has 1 aromatic rings. The average molecular weight is 408 g/mol. The molecule has 0 aliphatic heterocycles. The summed E-state index contributed by atoms with van der Waals surface area (Å²) in [5, 5.41) is 2.81. The normalized spacial score (nSPS) is 19.0. The molecule has 0 atom stereocenters. The number of carbonyl (C=O) groups excluding carboxylic acids is 2. The molecule has 3 N–H and O–H groups in total. The van der Waals surface area contributed by atoms with Crippen LogP contribution in [-0.2, 0) is 19.0 Å². The van der Waals surface area contributed by atoms with E-state index in [1.165, 1.54) is 0 Å². The van der Waals surface area contributed by atoms with Crippen LogP contribution in [0.15, 0.2) is 18.3 Å². The summed E-state index contributed by atoms with van der Waals surface area (Å²) in [5.74, 6) is 0.0782. The lowest BCUT2D eigenvalue weighted by Gasteiger charge is -2.26. The first-order chi connectivity index (χ1) is 14.2. The van der Waals surface area contributed by atoms with Crippen LogP contribution in [0.5, 0.6) is 0 Å². The van der Waals surface area contributed by atoms with Gasteiger partial charge in [0, 0.05) is 30.9 Å². The third-order valence-electron chi connectivity index (χ3n) is 4.98. The Balaban J connectivity index is 1.67. The van der Waals surface area contributed by atoms with Gasteiger partial charge in [0.2, 0.25) is 0 Å². The van der Waals surface area contributed by atoms with E-state index in [1.54, 1.807) is 12.3 Å². The maximum atomic E-state index is 12.2. The van der Waals surface area contributed by atoms with Gasteiger partial charge in [-0.25, -0.2) is 0 Å². The summed E-state index contributed by atoms with van der Waals surface area (Å²) in [7, 11) is 0. The van der Waals surface area contributed by atoms with E-state index in [2.05, 4.69) is 10.3 Å². The summed E-state index contributed by atoms with van der Waals surface area (Å²) in [6, 6.07) is 3.71. The maximum absolute atomic E-state index is 12.2. The molecule has 29 heavy (non-hydrogen) atoms. The van der Waals surface area contributed by atoms with E-state index in [9.17, 15) is 9.59 Å². The lowest BCUT2D eigenvalue weighted by Crippen LogP contribution is -2.28. The standard InChI is InChI=1S/C21H33N3O5/c1-2-29-21(26)17-5-3-16(4-6-17)19-8-7-18(15-24-19)20(25)23-10-12-28-14-13-27-11-9-22/h7-8,15-17H,2-6,9-14,22H2,1H3,(H,23,25)/t16-,17-. The Morgan fingerprint density at radius 1 is 1.10 bits per heavy atom. The van der Waals surface area contributed by atoms with Gasteiger partial charge in [-0.05, 0) is 44.7 Å². The van der Waals surface area contributed by atoms with Gasteiger partial charge in [0.1, 0.15) is 0 Å². The van der Waals surface area contributed by atoms with Gasteiger partial charge in [-0.15, -0.1) is 0 Å². The second-order valence-corrected chi connectivity index (χ2v) is 7.04. The topological polar surface area (TPSA) is 113 Å². The molecular formula is C21H33N3O5. The van der Waals surface area contributed by atoms with Crippen molar-refractivity contribution >= 4 is 11.9 Å². The first-order valence-electron chi connectivity index (χ1n) is 10.4. The van der Waals surface area contributed by atoms with E-state index in [1.807, 2.05) is 13.0 Å². The van der Waals surface area contributed by atoms with Crippen molar-refractivity contribution in [2.75, 3.05) is 46.1 Å². The van der Waals surface area contributed by atoms with E-state index < -0.39 is 0 Å². The molecule has 1 aliphatic carbocycles. The summed E-state index contributed by atoms with van der Waals surface area (Å²) in [4.78, 5) is 28.5. The van der Waals surface area contributed by atoms with Crippen molar-refractivity contribution in [3.8, 4) is 0 Å². The summed E-state index contributed by atoms with van der Waals surface area (Å²) in [6.45, 7) is 5.11. The molecule has 1 fully saturated rings. The average Bonchev–Trinajstić information content (AvgIpc) is 2.76. The van der Waals surface area contributed by atoms with Crippen LogP contribution in [0.4, 0.5) is 0 Å². The minimum absolute atomic E-state index is 0.00527. The summed E-state index contributed by atoms with van der Waals surface area (Å²) >= 11 is 0. The van der Waals surface area contributed by atoms with Gasteiger partial charge >= 0.3 is 5.97 Å². The molecule has 0 aromatic carbocycles. The van der Waals surface area contributed by atoms with Gasteiger partial charge in [0.25, 0.3) is 5.91 Å². The quantitative estimate of drug-likeness (QED) is 0.400. The number of carbonyl (C=O) groups is 2. The van der Waals surface area contributed by atoms with Crippen LogP contribution in [0.2, 0.25) is 0 Å². The second-order valence-electron chi connectivity index (χ2n) is 7.04. The highest BCUT2D eigenvalue weighted by Crippen LogP contribution is 2.35. The van der Waals surface area contributed by atoms with Crippen LogP contribution >= 0.6 is 0 Å². The number of nitrogens with zero attached hydrogens (tertiary/aromatic N) is 1. The molecule has 0 saturated heterocycles. The Hall–Kier alpha value is -2.03. The van der Waals surface area contributed by atoms with E-state index in [-0.39, 0.29) is 17.8 Å².